The smallest absolute Gasteiger partial charge is 0.224 e. The molecule has 0 aliphatic heterocycles. The third kappa shape index (κ3) is 4.70. The lowest BCUT2D eigenvalue weighted by Gasteiger charge is -2.12. The summed E-state index contributed by atoms with van der Waals surface area (Å²) in [7, 11) is 0. The molecule has 1 amide bonds. The second-order valence-corrected chi connectivity index (χ2v) is 6.33. The highest BCUT2D eigenvalue weighted by Gasteiger charge is 2.15. The zero-order valence-corrected chi connectivity index (χ0v) is 15.6. The van der Waals surface area contributed by atoms with Gasteiger partial charge in [-0.15, -0.1) is 0 Å². The maximum absolute atomic E-state index is 14.1. The highest BCUT2D eigenvalue weighted by atomic mass is 19.2. The Morgan fingerprint density at radius 1 is 1.18 bits per heavy atom. The Morgan fingerprint density at radius 2 is 2.00 bits per heavy atom. The topological polar surface area (TPSA) is 69.0 Å². The highest BCUT2D eigenvalue weighted by Crippen LogP contribution is 2.28. The lowest BCUT2D eigenvalue weighted by atomic mass is 10.2. The fourth-order valence-corrected chi connectivity index (χ4v) is 2.55. The van der Waals surface area contributed by atoms with Gasteiger partial charge in [0.15, 0.2) is 11.6 Å². The first-order valence-electron chi connectivity index (χ1n) is 8.77. The van der Waals surface area contributed by atoms with Crippen molar-refractivity contribution in [3.8, 4) is 11.6 Å². The van der Waals surface area contributed by atoms with Crippen LogP contribution in [0.15, 0.2) is 42.7 Å². The standard InChI is InChI=1S/C20H20F2N4O2/c1-13-5-6-16(19(22)18(13)21)28-20-15(4-3-9-23-20)12-24-17(27)8-11-26-10-7-14(2)25-26/h3-7,9-10H,8,11-12H2,1-2H3,(H,24,27). The zero-order valence-electron chi connectivity index (χ0n) is 15.6. The van der Waals surface area contributed by atoms with Gasteiger partial charge in [0.05, 0.1) is 5.69 Å². The number of aryl methyl sites for hydroxylation is 3. The van der Waals surface area contributed by atoms with Crippen molar-refractivity contribution in [3.05, 3.63) is 71.2 Å². The molecule has 3 rings (SSSR count). The van der Waals surface area contributed by atoms with E-state index in [0.29, 0.717) is 12.1 Å². The molecular formula is C20H20F2N4O2. The van der Waals surface area contributed by atoms with Gasteiger partial charge in [0.2, 0.25) is 17.6 Å². The molecule has 0 saturated heterocycles. The molecule has 0 bridgehead atoms. The highest BCUT2D eigenvalue weighted by molar-refractivity contribution is 5.75. The molecule has 2 heterocycles. The fraction of sp³-hybridized carbons (Fsp3) is 0.250. The van der Waals surface area contributed by atoms with E-state index in [9.17, 15) is 13.6 Å². The fourth-order valence-electron chi connectivity index (χ4n) is 2.55. The first kappa shape index (κ1) is 19.5. The van der Waals surface area contributed by atoms with E-state index in [1.54, 1.807) is 16.8 Å². The summed E-state index contributed by atoms with van der Waals surface area (Å²) in [5.74, 6) is -2.36. The Morgan fingerprint density at radius 3 is 2.75 bits per heavy atom. The maximum atomic E-state index is 14.1. The number of rotatable bonds is 7. The number of pyridine rings is 1. The predicted molar refractivity (Wildman–Crippen MR) is 98.8 cm³/mol. The molecule has 0 radical (unpaired) electrons. The summed E-state index contributed by atoms with van der Waals surface area (Å²) in [4.78, 5) is 16.1. The summed E-state index contributed by atoms with van der Waals surface area (Å²) < 4.78 is 34.9. The molecule has 0 fully saturated rings. The van der Waals surface area contributed by atoms with E-state index in [1.165, 1.54) is 25.3 Å². The van der Waals surface area contributed by atoms with Crippen LogP contribution >= 0.6 is 0 Å². The summed E-state index contributed by atoms with van der Waals surface area (Å²) in [6, 6.07) is 8.01. The van der Waals surface area contributed by atoms with Crippen LogP contribution in [0.3, 0.4) is 0 Å². The van der Waals surface area contributed by atoms with Crippen LogP contribution in [0, 0.1) is 25.5 Å². The van der Waals surface area contributed by atoms with Crippen LogP contribution in [-0.2, 0) is 17.9 Å². The van der Waals surface area contributed by atoms with Gasteiger partial charge in [0, 0.05) is 37.5 Å². The molecule has 0 atom stereocenters. The second-order valence-electron chi connectivity index (χ2n) is 6.33. The minimum atomic E-state index is -1.07. The van der Waals surface area contributed by atoms with Gasteiger partial charge in [-0.3, -0.25) is 9.48 Å². The van der Waals surface area contributed by atoms with E-state index in [0.717, 1.165) is 5.69 Å². The summed E-state index contributed by atoms with van der Waals surface area (Å²) in [6.07, 6.45) is 3.55. The number of halogens is 2. The maximum Gasteiger partial charge on any atom is 0.224 e. The number of aromatic nitrogens is 3. The number of hydrogen-bond donors (Lipinski definition) is 1. The van der Waals surface area contributed by atoms with E-state index in [1.807, 2.05) is 19.2 Å². The molecule has 1 N–H and O–H groups in total. The summed E-state index contributed by atoms with van der Waals surface area (Å²) in [5.41, 5.74) is 1.62. The van der Waals surface area contributed by atoms with Crippen molar-refractivity contribution in [1.29, 1.82) is 0 Å². The van der Waals surface area contributed by atoms with Gasteiger partial charge in [-0.2, -0.15) is 9.49 Å². The van der Waals surface area contributed by atoms with Gasteiger partial charge < -0.3 is 10.1 Å². The van der Waals surface area contributed by atoms with E-state index >= 15 is 0 Å². The number of benzene rings is 1. The molecule has 1 aromatic carbocycles. The molecule has 28 heavy (non-hydrogen) atoms. The zero-order chi connectivity index (χ0) is 20.1. The third-order valence-electron chi connectivity index (χ3n) is 4.11. The minimum Gasteiger partial charge on any atom is -0.435 e. The second kappa shape index (κ2) is 8.60. The normalized spacial score (nSPS) is 10.7. The van der Waals surface area contributed by atoms with Gasteiger partial charge >= 0.3 is 0 Å². The predicted octanol–water partition coefficient (Wildman–Crippen LogP) is 3.67. The summed E-state index contributed by atoms with van der Waals surface area (Å²) in [6.45, 7) is 3.96. The van der Waals surface area contributed by atoms with Crippen LogP contribution in [0.4, 0.5) is 8.78 Å². The minimum absolute atomic E-state index is 0.104. The van der Waals surface area contributed by atoms with Crippen molar-refractivity contribution in [2.24, 2.45) is 0 Å². The molecule has 8 heteroatoms. The van der Waals surface area contributed by atoms with Gasteiger partial charge in [0.1, 0.15) is 0 Å². The largest absolute Gasteiger partial charge is 0.435 e. The lowest BCUT2D eigenvalue weighted by Crippen LogP contribution is -2.24. The molecule has 0 aliphatic rings. The van der Waals surface area contributed by atoms with Crippen molar-refractivity contribution in [2.45, 2.75) is 33.4 Å². The molecule has 6 nitrogen and oxygen atoms in total. The number of carbonyl (C=O) groups is 1. The van der Waals surface area contributed by atoms with Crippen LogP contribution in [0.25, 0.3) is 0 Å². The molecule has 0 saturated carbocycles. The average Bonchev–Trinajstić information content (AvgIpc) is 3.11. The number of hydrogen-bond acceptors (Lipinski definition) is 4. The number of nitrogens with one attached hydrogen (secondary N) is 1. The van der Waals surface area contributed by atoms with Crippen LogP contribution in [0.1, 0.15) is 23.2 Å². The molecular weight excluding hydrogens is 366 g/mol. The first-order chi connectivity index (χ1) is 13.4. The van der Waals surface area contributed by atoms with Crippen LogP contribution in [0.2, 0.25) is 0 Å². The van der Waals surface area contributed by atoms with Crippen LogP contribution in [-0.4, -0.2) is 20.7 Å². The van der Waals surface area contributed by atoms with E-state index in [-0.39, 0.29) is 36.1 Å². The summed E-state index contributed by atoms with van der Waals surface area (Å²) in [5, 5.41) is 6.99. The van der Waals surface area contributed by atoms with Crippen molar-refractivity contribution in [3.63, 3.8) is 0 Å². The SMILES string of the molecule is Cc1ccn(CCC(=O)NCc2cccnc2Oc2ccc(C)c(F)c2F)n1. The average molecular weight is 386 g/mol. The van der Waals surface area contributed by atoms with Gasteiger partial charge in [0.25, 0.3) is 0 Å². The third-order valence-corrected chi connectivity index (χ3v) is 4.11. The Labute approximate surface area is 161 Å². The van der Waals surface area contributed by atoms with Gasteiger partial charge in [-0.05, 0) is 37.6 Å². The monoisotopic (exact) mass is 386 g/mol. The number of ether oxygens (including phenoxy) is 1. The number of amides is 1. The van der Waals surface area contributed by atoms with E-state index in [2.05, 4.69) is 15.4 Å². The molecule has 3 aromatic rings. The lowest BCUT2D eigenvalue weighted by molar-refractivity contribution is -0.121. The number of carbonyl (C=O) groups excluding carboxylic acids is 1. The Hall–Kier alpha value is -3.29. The Kier molecular flexibility index (Phi) is 5.98. The molecule has 146 valence electrons. The summed E-state index contributed by atoms with van der Waals surface area (Å²) >= 11 is 0. The molecule has 0 spiro atoms. The first-order valence-corrected chi connectivity index (χ1v) is 8.77. The Bertz CT molecular complexity index is 988. The molecule has 0 aliphatic carbocycles. The molecule has 0 unspecified atom stereocenters. The van der Waals surface area contributed by atoms with Crippen molar-refractivity contribution >= 4 is 5.91 Å². The quantitative estimate of drug-likeness (QED) is 0.673. The van der Waals surface area contributed by atoms with Crippen molar-refractivity contribution in [1.82, 2.24) is 20.1 Å². The van der Waals surface area contributed by atoms with E-state index in [4.69, 9.17) is 4.74 Å². The van der Waals surface area contributed by atoms with Crippen LogP contribution < -0.4 is 10.1 Å². The van der Waals surface area contributed by atoms with Crippen molar-refractivity contribution in [2.75, 3.05) is 0 Å². The Balaban J connectivity index is 1.62. The van der Waals surface area contributed by atoms with Gasteiger partial charge in [-0.25, -0.2) is 9.37 Å². The van der Waals surface area contributed by atoms with Crippen LogP contribution in [0.5, 0.6) is 11.6 Å². The number of nitrogens with zero attached hydrogens (tertiary/aromatic N) is 3. The van der Waals surface area contributed by atoms with Gasteiger partial charge in [-0.1, -0.05) is 12.1 Å². The van der Waals surface area contributed by atoms with Crippen molar-refractivity contribution < 1.29 is 18.3 Å². The van der Waals surface area contributed by atoms with E-state index < -0.39 is 11.6 Å². The molecule has 2 aromatic heterocycles.